The molecule has 0 aromatic heterocycles. The number of benzene rings is 2. The number of aromatic carboxylic acids is 1. The molecule has 0 unspecified atom stereocenters. The zero-order valence-electron chi connectivity index (χ0n) is 7.57. The number of hydrogen-bond donors (Lipinski definition) is 2. The van der Waals surface area contributed by atoms with E-state index in [1.165, 1.54) is 0 Å². The highest BCUT2D eigenvalue weighted by molar-refractivity contribution is 14.1. The van der Waals surface area contributed by atoms with Gasteiger partial charge in [-0.05, 0) is 34.0 Å². The Bertz CT molecular complexity index is 549. The molecule has 76 valence electrons. The smallest absolute Gasteiger partial charge is 0.340 e. The molecule has 0 bridgehead atoms. The van der Waals surface area contributed by atoms with E-state index in [1.807, 2.05) is 34.7 Å². The first-order valence-electron chi connectivity index (χ1n) is 4.25. The number of carboxylic acid groups (broad SMARTS) is 1. The first-order valence-corrected chi connectivity index (χ1v) is 5.32. The molecule has 2 rings (SSSR count). The average molecular weight is 314 g/mol. The maximum atomic E-state index is 10.9. The first kappa shape index (κ1) is 10.2. The third-order valence-corrected chi connectivity index (χ3v) is 3.04. The van der Waals surface area contributed by atoms with E-state index in [4.69, 9.17) is 5.11 Å². The molecule has 0 fully saturated rings. The summed E-state index contributed by atoms with van der Waals surface area (Å²) in [4.78, 5) is 10.9. The summed E-state index contributed by atoms with van der Waals surface area (Å²) in [5.41, 5.74) is -0.0331. The maximum absolute atomic E-state index is 10.9. The minimum atomic E-state index is -1.11. The Labute approximate surface area is 99.5 Å². The molecule has 3 nitrogen and oxygen atoms in total. The number of phenols is 1. The number of fused-ring (bicyclic) bond motifs is 1. The molecule has 15 heavy (non-hydrogen) atoms. The number of aromatic hydroxyl groups is 1. The van der Waals surface area contributed by atoms with Crippen LogP contribution >= 0.6 is 22.6 Å². The molecule has 0 aliphatic rings. The largest absolute Gasteiger partial charge is 0.506 e. The SMILES string of the molecule is O=C(O)c1c(I)cc2ccccc2c1O. The molecule has 2 N–H and O–H groups in total. The lowest BCUT2D eigenvalue weighted by molar-refractivity contribution is 0.0693. The van der Waals surface area contributed by atoms with E-state index in [2.05, 4.69) is 0 Å². The van der Waals surface area contributed by atoms with Crippen LogP contribution in [0.1, 0.15) is 10.4 Å². The molecule has 0 atom stereocenters. The summed E-state index contributed by atoms with van der Waals surface area (Å²) in [7, 11) is 0. The molecular formula is C11H7IO3. The van der Waals surface area contributed by atoms with Gasteiger partial charge < -0.3 is 10.2 Å². The Morgan fingerprint density at radius 3 is 2.60 bits per heavy atom. The van der Waals surface area contributed by atoms with Crippen LogP contribution in [0.25, 0.3) is 10.8 Å². The second-order valence-corrected chi connectivity index (χ2v) is 4.27. The standard InChI is InChI=1S/C11H7IO3/c12-8-5-6-3-1-2-4-7(6)10(13)9(8)11(14)15/h1-5,13H,(H,14,15). The number of halogens is 1. The predicted molar refractivity (Wildman–Crippen MR) is 65.3 cm³/mol. The van der Waals surface area contributed by atoms with Gasteiger partial charge in [-0.2, -0.15) is 0 Å². The quantitative estimate of drug-likeness (QED) is 0.796. The Hall–Kier alpha value is -1.30. The van der Waals surface area contributed by atoms with E-state index in [1.54, 1.807) is 18.2 Å². The van der Waals surface area contributed by atoms with Crippen LogP contribution in [0.4, 0.5) is 0 Å². The summed E-state index contributed by atoms with van der Waals surface area (Å²) in [6.45, 7) is 0. The van der Waals surface area contributed by atoms with Crippen molar-refractivity contribution in [2.75, 3.05) is 0 Å². The van der Waals surface area contributed by atoms with Crippen LogP contribution in [-0.2, 0) is 0 Å². The number of carbonyl (C=O) groups is 1. The third-order valence-electron chi connectivity index (χ3n) is 2.19. The molecular weight excluding hydrogens is 307 g/mol. The second kappa shape index (κ2) is 3.69. The van der Waals surface area contributed by atoms with Gasteiger partial charge in [-0.3, -0.25) is 0 Å². The fourth-order valence-electron chi connectivity index (χ4n) is 1.50. The third kappa shape index (κ3) is 1.65. The van der Waals surface area contributed by atoms with Gasteiger partial charge >= 0.3 is 5.97 Å². The van der Waals surface area contributed by atoms with E-state index in [-0.39, 0.29) is 11.3 Å². The van der Waals surface area contributed by atoms with Crippen molar-refractivity contribution in [1.29, 1.82) is 0 Å². The van der Waals surface area contributed by atoms with Crippen LogP contribution < -0.4 is 0 Å². The predicted octanol–water partition coefficient (Wildman–Crippen LogP) is 2.85. The summed E-state index contributed by atoms with van der Waals surface area (Å²) in [6.07, 6.45) is 0. The monoisotopic (exact) mass is 314 g/mol. The Morgan fingerprint density at radius 1 is 1.27 bits per heavy atom. The molecule has 4 heteroatoms. The number of rotatable bonds is 1. The van der Waals surface area contributed by atoms with Crippen LogP contribution in [0.15, 0.2) is 30.3 Å². The highest BCUT2D eigenvalue weighted by atomic mass is 127. The van der Waals surface area contributed by atoms with E-state index < -0.39 is 5.97 Å². The fraction of sp³-hybridized carbons (Fsp3) is 0. The van der Waals surface area contributed by atoms with E-state index in [0.29, 0.717) is 8.96 Å². The Kier molecular flexibility index (Phi) is 2.52. The van der Waals surface area contributed by atoms with Crippen LogP contribution in [0, 0.1) is 3.57 Å². The lowest BCUT2D eigenvalue weighted by atomic mass is 10.1. The minimum absolute atomic E-state index is 0.0331. The fourth-order valence-corrected chi connectivity index (χ4v) is 2.32. The minimum Gasteiger partial charge on any atom is -0.506 e. The van der Waals surface area contributed by atoms with Crippen LogP contribution in [0.5, 0.6) is 5.75 Å². The first-order chi connectivity index (χ1) is 7.11. The molecule has 0 amide bonds. The molecule has 0 spiro atoms. The topological polar surface area (TPSA) is 57.5 Å². The van der Waals surface area contributed by atoms with Gasteiger partial charge in [-0.1, -0.05) is 24.3 Å². The molecule has 0 saturated carbocycles. The summed E-state index contributed by atoms with van der Waals surface area (Å²) in [5.74, 6) is -1.27. The number of hydrogen-bond acceptors (Lipinski definition) is 2. The maximum Gasteiger partial charge on any atom is 0.340 e. The second-order valence-electron chi connectivity index (χ2n) is 3.11. The van der Waals surface area contributed by atoms with E-state index >= 15 is 0 Å². The van der Waals surface area contributed by atoms with Gasteiger partial charge in [0.25, 0.3) is 0 Å². The Morgan fingerprint density at radius 2 is 1.93 bits per heavy atom. The molecule has 0 aliphatic heterocycles. The summed E-state index contributed by atoms with van der Waals surface area (Å²) >= 11 is 1.91. The molecule has 0 radical (unpaired) electrons. The average Bonchev–Trinajstić information content (AvgIpc) is 2.17. The van der Waals surface area contributed by atoms with Gasteiger partial charge in [0, 0.05) is 8.96 Å². The lowest BCUT2D eigenvalue weighted by Gasteiger charge is -2.06. The summed E-state index contributed by atoms with van der Waals surface area (Å²) < 4.78 is 0.538. The number of carboxylic acids is 1. The van der Waals surface area contributed by atoms with Crippen molar-refractivity contribution in [2.24, 2.45) is 0 Å². The normalized spacial score (nSPS) is 10.5. The highest BCUT2D eigenvalue weighted by Gasteiger charge is 2.16. The van der Waals surface area contributed by atoms with Crippen molar-refractivity contribution >= 4 is 39.3 Å². The van der Waals surface area contributed by atoms with Crippen molar-refractivity contribution < 1.29 is 15.0 Å². The zero-order valence-corrected chi connectivity index (χ0v) is 9.72. The van der Waals surface area contributed by atoms with Crippen molar-refractivity contribution in [2.45, 2.75) is 0 Å². The van der Waals surface area contributed by atoms with Gasteiger partial charge in [0.2, 0.25) is 0 Å². The Balaban J connectivity index is 2.90. The molecule has 0 saturated heterocycles. The van der Waals surface area contributed by atoms with Crippen molar-refractivity contribution in [1.82, 2.24) is 0 Å². The van der Waals surface area contributed by atoms with Gasteiger partial charge in [-0.15, -0.1) is 0 Å². The van der Waals surface area contributed by atoms with Gasteiger partial charge in [0.15, 0.2) is 0 Å². The van der Waals surface area contributed by atoms with Crippen LogP contribution in [-0.4, -0.2) is 16.2 Å². The molecule has 2 aromatic carbocycles. The van der Waals surface area contributed by atoms with Gasteiger partial charge in [-0.25, -0.2) is 4.79 Å². The van der Waals surface area contributed by atoms with Crippen molar-refractivity contribution in [3.63, 3.8) is 0 Å². The van der Waals surface area contributed by atoms with Gasteiger partial charge in [0.1, 0.15) is 11.3 Å². The van der Waals surface area contributed by atoms with Crippen LogP contribution in [0.2, 0.25) is 0 Å². The highest BCUT2D eigenvalue weighted by Crippen LogP contribution is 2.32. The molecule has 0 aliphatic carbocycles. The zero-order chi connectivity index (χ0) is 11.0. The lowest BCUT2D eigenvalue weighted by Crippen LogP contribution is -2.00. The molecule has 2 aromatic rings. The van der Waals surface area contributed by atoms with Crippen molar-refractivity contribution in [3.8, 4) is 5.75 Å². The van der Waals surface area contributed by atoms with Crippen molar-refractivity contribution in [3.05, 3.63) is 39.5 Å². The van der Waals surface area contributed by atoms with E-state index in [9.17, 15) is 9.90 Å². The summed E-state index contributed by atoms with van der Waals surface area (Å²) in [6, 6.07) is 8.90. The van der Waals surface area contributed by atoms with E-state index in [0.717, 1.165) is 5.39 Å². The molecule has 0 heterocycles. The van der Waals surface area contributed by atoms with Crippen LogP contribution in [0.3, 0.4) is 0 Å². The van der Waals surface area contributed by atoms with Gasteiger partial charge in [0.05, 0.1) is 0 Å². The summed E-state index contributed by atoms with van der Waals surface area (Å²) in [5, 5.41) is 20.2.